The van der Waals surface area contributed by atoms with Crippen LogP contribution in [-0.2, 0) is 4.74 Å². The van der Waals surface area contributed by atoms with Crippen LogP contribution in [0.15, 0.2) is 30.6 Å². The number of nitrogens with one attached hydrogen (secondary N) is 2. The van der Waals surface area contributed by atoms with Crippen molar-refractivity contribution in [1.29, 1.82) is 0 Å². The molecule has 1 aromatic carbocycles. The van der Waals surface area contributed by atoms with Crippen LogP contribution in [0, 0.1) is 0 Å². The highest BCUT2D eigenvalue weighted by atomic mass is 16.5. The summed E-state index contributed by atoms with van der Waals surface area (Å²) in [5.41, 5.74) is 3.72. The molecule has 0 spiro atoms. The van der Waals surface area contributed by atoms with Gasteiger partial charge >= 0.3 is 0 Å². The number of ether oxygens (including phenoxy) is 1. The van der Waals surface area contributed by atoms with Crippen LogP contribution in [0.4, 0.5) is 23.1 Å². The highest BCUT2D eigenvalue weighted by Crippen LogP contribution is 2.29. The molecule has 2 aromatic heterocycles. The van der Waals surface area contributed by atoms with E-state index in [9.17, 15) is 5.11 Å². The first-order chi connectivity index (χ1) is 16.1. The fourth-order valence-electron chi connectivity index (χ4n) is 4.56. The Morgan fingerprint density at radius 2 is 1.76 bits per heavy atom. The molecule has 0 bridgehead atoms. The third-order valence-electron chi connectivity index (χ3n) is 6.51. The fourth-order valence-corrected chi connectivity index (χ4v) is 4.56. The number of morpholine rings is 1. The number of rotatable bonds is 6. The van der Waals surface area contributed by atoms with E-state index in [-0.39, 0.29) is 18.2 Å². The zero-order valence-electron chi connectivity index (χ0n) is 19.4. The van der Waals surface area contributed by atoms with Gasteiger partial charge in [-0.3, -0.25) is 0 Å². The number of anilines is 4. The van der Waals surface area contributed by atoms with E-state index in [2.05, 4.69) is 63.2 Å². The summed E-state index contributed by atoms with van der Waals surface area (Å²) in [6.45, 7) is 7.62. The molecule has 0 amide bonds. The van der Waals surface area contributed by atoms with E-state index in [0.29, 0.717) is 11.8 Å². The Balaban J connectivity index is 1.41. The Morgan fingerprint density at radius 3 is 2.45 bits per heavy atom. The topological polar surface area (TPSA) is 100 Å². The minimum atomic E-state index is -0.188. The molecule has 1 aliphatic heterocycles. The number of aliphatic hydroxyl groups is 1. The van der Waals surface area contributed by atoms with Crippen LogP contribution in [0.3, 0.4) is 0 Å². The lowest BCUT2D eigenvalue weighted by Gasteiger charge is -2.29. The summed E-state index contributed by atoms with van der Waals surface area (Å²) in [6.07, 6.45) is 5.09. The van der Waals surface area contributed by atoms with Gasteiger partial charge in [-0.05, 0) is 63.8 Å². The Bertz CT molecular complexity index is 1070. The fraction of sp³-hybridized carbons (Fsp3) is 0.542. The average molecular weight is 452 g/mol. The minimum Gasteiger partial charge on any atom is -0.393 e. The quantitative estimate of drug-likeness (QED) is 0.522. The molecule has 5 rings (SSSR count). The SMILES string of the molecule is CC(C)n1cnc2c(Nc3ccc(N4CCOCC4)cc3)nc(NC3CCC(O)CC3)nc21. The van der Waals surface area contributed by atoms with Gasteiger partial charge in [0.05, 0.1) is 25.6 Å². The Morgan fingerprint density at radius 1 is 1.03 bits per heavy atom. The zero-order valence-corrected chi connectivity index (χ0v) is 19.4. The van der Waals surface area contributed by atoms with Gasteiger partial charge < -0.3 is 29.9 Å². The molecule has 33 heavy (non-hydrogen) atoms. The largest absolute Gasteiger partial charge is 0.393 e. The molecule has 0 radical (unpaired) electrons. The maximum absolute atomic E-state index is 9.83. The van der Waals surface area contributed by atoms with Gasteiger partial charge in [0.15, 0.2) is 17.0 Å². The Kier molecular flexibility index (Phi) is 6.32. The molecule has 0 atom stereocenters. The van der Waals surface area contributed by atoms with Gasteiger partial charge in [-0.15, -0.1) is 0 Å². The van der Waals surface area contributed by atoms with Crippen molar-refractivity contribution >= 4 is 34.3 Å². The number of hydrogen-bond acceptors (Lipinski definition) is 8. The van der Waals surface area contributed by atoms with Gasteiger partial charge in [0, 0.05) is 36.5 Å². The van der Waals surface area contributed by atoms with Crippen LogP contribution >= 0.6 is 0 Å². The van der Waals surface area contributed by atoms with Crippen molar-refractivity contribution in [1.82, 2.24) is 19.5 Å². The highest BCUT2D eigenvalue weighted by molar-refractivity contribution is 5.86. The first kappa shape index (κ1) is 21.9. The van der Waals surface area contributed by atoms with E-state index in [1.807, 2.05) is 6.33 Å². The number of aromatic nitrogens is 4. The monoisotopic (exact) mass is 451 g/mol. The summed E-state index contributed by atoms with van der Waals surface area (Å²) < 4.78 is 7.53. The van der Waals surface area contributed by atoms with E-state index in [1.54, 1.807) is 0 Å². The van der Waals surface area contributed by atoms with Crippen molar-refractivity contribution < 1.29 is 9.84 Å². The van der Waals surface area contributed by atoms with Gasteiger partial charge in [0.25, 0.3) is 0 Å². The minimum absolute atomic E-state index is 0.188. The molecule has 2 fully saturated rings. The summed E-state index contributed by atoms with van der Waals surface area (Å²) in [7, 11) is 0. The molecule has 3 N–H and O–H groups in total. The van der Waals surface area contributed by atoms with E-state index in [4.69, 9.17) is 14.7 Å². The second kappa shape index (κ2) is 9.52. The standard InChI is InChI=1S/C24H33N7O2/c1-16(2)31-15-25-21-22(26-17-3-7-19(8-4-17)30-11-13-33-14-12-30)28-24(29-23(21)31)27-18-5-9-20(32)10-6-18/h3-4,7-8,15-16,18,20,32H,5-6,9-14H2,1-2H3,(H2,26,27,28,29). The van der Waals surface area contributed by atoms with E-state index in [1.165, 1.54) is 5.69 Å². The molecular formula is C24H33N7O2. The van der Waals surface area contributed by atoms with Crippen LogP contribution in [0.5, 0.6) is 0 Å². The van der Waals surface area contributed by atoms with Gasteiger partial charge in [-0.25, -0.2) is 4.98 Å². The first-order valence-corrected chi connectivity index (χ1v) is 12.0. The number of imidazole rings is 1. The molecule has 1 aliphatic carbocycles. The molecular weight excluding hydrogens is 418 g/mol. The van der Waals surface area contributed by atoms with Crippen LogP contribution in [0.25, 0.3) is 11.2 Å². The van der Waals surface area contributed by atoms with Crippen molar-refractivity contribution in [3.8, 4) is 0 Å². The van der Waals surface area contributed by atoms with Gasteiger partial charge in [0.2, 0.25) is 5.95 Å². The predicted molar refractivity (Wildman–Crippen MR) is 130 cm³/mol. The maximum atomic E-state index is 9.83. The maximum Gasteiger partial charge on any atom is 0.227 e. The van der Waals surface area contributed by atoms with Crippen LogP contribution in [-0.4, -0.2) is 63.1 Å². The van der Waals surface area contributed by atoms with E-state index in [0.717, 1.165) is 68.8 Å². The lowest BCUT2D eigenvalue weighted by molar-refractivity contribution is 0.122. The van der Waals surface area contributed by atoms with Crippen molar-refractivity contribution in [3.05, 3.63) is 30.6 Å². The van der Waals surface area contributed by atoms with Gasteiger partial charge in [-0.1, -0.05) is 0 Å². The average Bonchev–Trinajstić information content (AvgIpc) is 3.26. The lowest BCUT2D eigenvalue weighted by atomic mass is 9.93. The highest BCUT2D eigenvalue weighted by Gasteiger charge is 2.22. The summed E-state index contributed by atoms with van der Waals surface area (Å²) in [5.74, 6) is 1.29. The second-order valence-electron chi connectivity index (χ2n) is 9.23. The van der Waals surface area contributed by atoms with Crippen molar-refractivity contribution in [2.45, 2.75) is 57.7 Å². The molecule has 9 nitrogen and oxygen atoms in total. The number of nitrogens with zero attached hydrogens (tertiary/aromatic N) is 5. The molecule has 0 unspecified atom stereocenters. The first-order valence-electron chi connectivity index (χ1n) is 12.0. The summed E-state index contributed by atoms with van der Waals surface area (Å²) in [5, 5.41) is 16.8. The molecule has 1 saturated carbocycles. The number of fused-ring (bicyclic) bond motifs is 1. The smallest absolute Gasteiger partial charge is 0.227 e. The van der Waals surface area contributed by atoms with Gasteiger partial charge in [0.1, 0.15) is 0 Å². The van der Waals surface area contributed by atoms with Crippen molar-refractivity contribution in [2.75, 3.05) is 41.8 Å². The predicted octanol–water partition coefficient (Wildman–Crippen LogP) is 3.70. The Hall–Kier alpha value is -2.91. The number of aliphatic hydroxyl groups excluding tert-OH is 1. The molecule has 3 aromatic rings. The third-order valence-corrected chi connectivity index (χ3v) is 6.51. The number of hydrogen-bond donors (Lipinski definition) is 3. The normalized spacial score (nSPS) is 21.5. The second-order valence-corrected chi connectivity index (χ2v) is 9.23. The third kappa shape index (κ3) is 4.89. The molecule has 2 aliphatic rings. The van der Waals surface area contributed by atoms with E-state index >= 15 is 0 Å². The zero-order chi connectivity index (χ0) is 22.8. The molecule has 176 valence electrons. The van der Waals surface area contributed by atoms with E-state index < -0.39 is 0 Å². The van der Waals surface area contributed by atoms with Crippen LogP contribution < -0.4 is 15.5 Å². The van der Waals surface area contributed by atoms with Crippen LogP contribution in [0.2, 0.25) is 0 Å². The molecule has 3 heterocycles. The molecule has 1 saturated heterocycles. The lowest BCUT2D eigenvalue weighted by Crippen LogP contribution is -2.36. The number of benzene rings is 1. The van der Waals surface area contributed by atoms with Gasteiger partial charge in [-0.2, -0.15) is 9.97 Å². The van der Waals surface area contributed by atoms with Crippen LogP contribution in [0.1, 0.15) is 45.6 Å². The van der Waals surface area contributed by atoms with Crippen molar-refractivity contribution in [2.24, 2.45) is 0 Å². The molecule has 9 heteroatoms. The Labute approximate surface area is 194 Å². The van der Waals surface area contributed by atoms with Crippen molar-refractivity contribution in [3.63, 3.8) is 0 Å². The summed E-state index contributed by atoms with van der Waals surface area (Å²) in [4.78, 5) is 16.6. The summed E-state index contributed by atoms with van der Waals surface area (Å²) in [6, 6.07) is 8.92. The summed E-state index contributed by atoms with van der Waals surface area (Å²) >= 11 is 0.